The van der Waals surface area contributed by atoms with Crippen LogP contribution >= 0.6 is 0 Å². The molecule has 2 aliphatic rings. The Morgan fingerprint density at radius 1 is 1.61 bits per heavy atom. The minimum atomic E-state index is -0.956. The molecule has 122 valence electrons. The predicted octanol–water partition coefficient (Wildman–Crippen LogP) is 2.80. The van der Waals surface area contributed by atoms with E-state index in [2.05, 4.69) is 11.5 Å². The second kappa shape index (κ2) is 6.16. The zero-order valence-electron chi connectivity index (χ0n) is 13.1. The topological polar surface area (TPSA) is 49.8 Å². The summed E-state index contributed by atoms with van der Waals surface area (Å²) in [5.41, 5.74) is 3.87. The third-order valence-corrected chi connectivity index (χ3v) is 4.47. The number of carboxylic acids is 1. The number of ether oxygens (including phenoxy) is 1. The number of benzene rings is 1. The summed E-state index contributed by atoms with van der Waals surface area (Å²) in [6.07, 6.45) is 3.90. The van der Waals surface area contributed by atoms with E-state index < -0.39 is 5.97 Å². The zero-order chi connectivity index (χ0) is 16.6. The van der Waals surface area contributed by atoms with Gasteiger partial charge in [0, 0.05) is 17.7 Å². The average Bonchev–Trinajstić information content (AvgIpc) is 2.85. The molecule has 0 radical (unpaired) electrons. The van der Waals surface area contributed by atoms with Gasteiger partial charge in [0.25, 0.3) is 0 Å². The summed E-state index contributed by atoms with van der Waals surface area (Å²) in [6.45, 7) is 7.48. The van der Waals surface area contributed by atoms with Gasteiger partial charge in [-0.25, -0.2) is 4.39 Å². The number of anilines is 1. The maximum absolute atomic E-state index is 14.6. The maximum Gasteiger partial charge on any atom is 0.307 e. The average molecular weight is 317 g/mol. The lowest BCUT2D eigenvalue weighted by Crippen LogP contribution is -2.37. The first-order chi connectivity index (χ1) is 11.1. The Morgan fingerprint density at radius 3 is 3.04 bits per heavy atom. The van der Waals surface area contributed by atoms with Crippen molar-refractivity contribution in [2.45, 2.75) is 25.8 Å². The van der Waals surface area contributed by atoms with Crippen molar-refractivity contribution in [3.05, 3.63) is 47.3 Å². The van der Waals surface area contributed by atoms with Crippen LogP contribution in [0.15, 0.2) is 24.8 Å². The molecule has 23 heavy (non-hydrogen) atoms. The maximum atomic E-state index is 14.6. The van der Waals surface area contributed by atoms with Gasteiger partial charge in [0.15, 0.2) is 0 Å². The van der Waals surface area contributed by atoms with Gasteiger partial charge in [0.1, 0.15) is 5.82 Å². The van der Waals surface area contributed by atoms with E-state index in [1.54, 1.807) is 6.08 Å². The van der Waals surface area contributed by atoms with Gasteiger partial charge in [-0.3, -0.25) is 4.79 Å². The lowest BCUT2D eigenvalue weighted by Gasteiger charge is -2.29. The van der Waals surface area contributed by atoms with E-state index in [0.29, 0.717) is 37.3 Å². The smallest absolute Gasteiger partial charge is 0.307 e. The second-order valence-electron chi connectivity index (χ2n) is 5.78. The van der Waals surface area contributed by atoms with Gasteiger partial charge < -0.3 is 14.7 Å². The van der Waals surface area contributed by atoms with Crippen LogP contribution in [0.5, 0.6) is 0 Å². The second-order valence-corrected chi connectivity index (χ2v) is 5.78. The van der Waals surface area contributed by atoms with Crippen LogP contribution < -0.4 is 4.90 Å². The lowest BCUT2D eigenvalue weighted by atomic mass is 9.92. The van der Waals surface area contributed by atoms with Crippen molar-refractivity contribution in [3.8, 4) is 0 Å². The van der Waals surface area contributed by atoms with Crippen LogP contribution in [0.4, 0.5) is 10.1 Å². The summed E-state index contributed by atoms with van der Waals surface area (Å²) in [6, 6.07) is 1.40. The molecule has 2 aliphatic heterocycles. The quantitative estimate of drug-likeness (QED) is 0.849. The summed E-state index contributed by atoms with van der Waals surface area (Å²) >= 11 is 0. The fourth-order valence-electron chi connectivity index (χ4n) is 3.62. The van der Waals surface area contributed by atoms with E-state index in [4.69, 9.17) is 4.74 Å². The molecule has 1 aromatic rings. The fraction of sp³-hybridized carbons (Fsp3) is 0.389. The van der Waals surface area contributed by atoms with Crippen molar-refractivity contribution in [2.75, 3.05) is 24.7 Å². The molecule has 0 aromatic heterocycles. The number of hydrogen-bond donors (Lipinski definition) is 1. The molecule has 1 unspecified atom stereocenters. The van der Waals surface area contributed by atoms with Gasteiger partial charge in [-0.05, 0) is 30.5 Å². The van der Waals surface area contributed by atoms with Gasteiger partial charge in [-0.2, -0.15) is 0 Å². The normalized spacial score (nSPS) is 19.1. The Balaban J connectivity index is 2.27. The summed E-state index contributed by atoms with van der Waals surface area (Å²) in [5, 5.41) is 9.18. The number of allylic oxidation sites excluding steroid dienone is 1. The van der Waals surface area contributed by atoms with Crippen LogP contribution in [0.3, 0.4) is 0 Å². The highest BCUT2D eigenvalue weighted by molar-refractivity contribution is 5.93. The molecule has 0 aliphatic carbocycles. The van der Waals surface area contributed by atoms with Crippen LogP contribution in [0, 0.1) is 5.82 Å². The molecular formula is C18H20FNO3. The molecule has 0 saturated heterocycles. The molecule has 0 fully saturated rings. The SMILES string of the molecule is C=CCc1c(F)cc(CC(=O)O)c2c1N(CC)C1COCC=C21. The molecular weight excluding hydrogens is 297 g/mol. The Kier molecular flexibility index (Phi) is 4.22. The molecule has 1 atom stereocenters. The number of carbonyl (C=O) groups is 1. The van der Waals surface area contributed by atoms with Gasteiger partial charge >= 0.3 is 5.97 Å². The van der Waals surface area contributed by atoms with E-state index in [1.807, 2.05) is 13.0 Å². The third kappa shape index (κ3) is 2.55. The fourth-order valence-corrected chi connectivity index (χ4v) is 3.62. The Labute approximate surface area is 134 Å². The summed E-state index contributed by atoms with van der Waals surface area (Å²) in [4.78, 5) is 13.3. The van der Waals surface area contributed by atoms with Crippen molar-refractivity contribution in [1.29, 1.82) is 0 Å². The largest absolute Gasteiger partial charge is 0.481 e. The number of fused-ring (bicyclic) bond motifs is 3. The number of likely N-dealkylation sites (N-methyl/N-ethyl adjacent to an activating group) is 1. The first-order valence-corrected chi connectivity index (χ1v) is 7.80. The van der Waals surface area contributed by atoms with Gasteiger partial charge in [0.2, 0.25) is 0 Å². The molecule has 0 spiro atoms. The number of rotatable bonds is 5. The molecule has 0 bridgehead atoms. The van der Waals surface area contributed by atoms with E-state index >= 15 is 0 Å². The minimum Gasteiger partial charge on any atom is -0.481 e. The van der Waals surface area contributed by atoms with E-state index in [0.717, 1.165) is 16.8 Å². The van der Waals surface area contributed by atoms with Gasteiger partial charge in [-0.15, -0.1) is 6.58 Å². The summed E-state index contributed by atoms with van der Waals surface area (Å²) in [5.74, 6) is -1.32. The monoisotopic (exact) mass is 317 g/mol. The summed E-state index contributed by atoms with van der Waals surface area (Å²) < 4.78 is 20.2. The molecule has 5 heteroatoms. The van der Waals surface area contributed by atoms with Crippen LogP contribution in [0.2, 0.25) is 0 Å². The van der Waals surface area contributed by atoms with Gasteiger partial charge in [0.05, 0.1) is 31.4 Å². The zero-order valence-corrected chi connectivity index (χ0v) is 13.1. The molecule has 0 saturated carbocycles. The van der Waals surface area contributed by atoms with Crippen molar-refractivity contribution in [3.63, 3.8) is 0 Å². The molecule has 4 nitrogen and oxygen atoms in total. The highest BCUT2D eigenvalue weighted by atomic mass is 19.1. The molecule has 2 heterocycles. The molecule has 1 N–H and O–H groups in total. The van der Waals surface area contributed by atoms with Crippen LogP contribution in [-0.4, -0.2) is 36.9 Å². The third-order valence-electron chi connectivity index (χ3n) is 4.47. The molecule has 0 amide bonds. The van der Waals surface area contributed by atoms with Crippen molar-refractivity contribution in [1.82, 2.24) is 0 Å². The van der Waals surface area contributed by atoms with Crippen molar-refractivity contribution < 1.29 is 19.0 Å². The Hall–Kier alpha value is -2.14. The van der Waals surface area contributed by atoms with Gasteiger partial charge in [-0.1, -0.05) is 12.2 Å². The standard InChI is InChI=1S/C18H20FNO3/c1-3-5-12-14(19)8-11(9-16(21)22)17-13-6-7-23-10-15(13)20(4-2)18(12)17/h3,6,8,15H,1,4-5,7,9-10H2,2H3,(H,21,22). The summed E-state index contributed by atoms with van der Waals surface area (Å²) in [7, 11) is 0. The van der Waals surface area contributed by atoms with Crippen molar-refractivity contribution >= 4 is 17.2 Å². The van der Waals surface area contributed by atoms with Crippen LogP contribution in [-0.2, 0) is 22.4 Å². The first-order valence-electron chi connectivity index (χ1n) is 7.80. The molecule has 3 rings (SSSR count). The number of hydrogen-bond acceptors (Lipinski definition) is 3. The Morgan fingerprint density at radius 2 is 2.39 bits per heavy atom. The van der Waals surface area contributed by atoms with E-state index in [-0.39, 0.29) is 18.3 Å². The highest BCUT2D eigenvalue weighted by Crippen LogP contribution is 2.46. The van der Waals surface area contributed by atoms with Crippen LogP contribution in [0.1, 0.15) is 23.6 Å². The lowest BCUT2D eigenvalue weighted by molar-refractivity contribution is -0.136. The van der Waals surface area contributed by atoms with E-state index in [9.17, 15) is 14.3 Å². The first kappa shape index (κ1) is 15.7. The number of carboxylic acid groups (broad SMARTS) is 1. The predicted molar refractivity (Wildman–Crippen MR) is 87.2 cm³/mol. The van der Waals surface area contributed by atoms with Crippen LogP contribution in [0.25, 0.3) is 5.57 Å². The number of nitrogens with zero attached hydrogens (tertiary/aromatic N) is 1. The Bertz CT molecular complexity index is 696. The molecule has 1 aromatic carbocycles. The highest BCUT2D eigenvalue weighted by Gasteiger charge is 2.39. The van der Waals surface area contributed by atoms with Crippen molar-refractivity contribution in [2.24, 2.45) is 0 Å². The number of halogens is 1. The minimum absolute atomic E-state index is 0.0293. The van der Waals surface area contributed by atoms with E-state index in [1.165, 1.54) is 6.07 Å². The number of aliphatic carboxylic acids is 1.